The van der Waals surface area contributed by atoms with Gasteiger partial charge in [0.05, 0.1) is 11.8 Å². The predicted molar refractivity (Wildman–Crippen MR) is 79.1 cm³/mol. The van der Waals surface area contributed by atoms with Gasteiger partial charge in [-0.25, -0.2) is 0 Å². The van der Waals surface area contributed by atoms with Crippen LogP contribution >= 0.6 is 0 Å². The molecule has 0 aliphatic carbocycles. The van der Waals surface area contributed by atoms with Crippen molar-refractivity contribution < 1.29 is 0 Å². The molecule has 1 atom stereocenters. The summed E-state index contributed by atoms with van der Waals surface area (Å²) < 4.78 is 0. The molecule has 96 valence electrons. The van der Waals surface area contributed by atoms with Crippen molar-refractivity contribution in [1.82, 2.24) is 5.01 Å². The Bertz CT molecular complexity index is 650. The van der Waals surface area contributed by atoms with Crippen LogP contribution < -0.4 is 0 Å². The van der Waals surface area contributed by atoms with Gasteiger partial charge in [-0.05, 0) is 29.3 Å². The maximum absolute atomic E-state index is 9.39. The summed E-state index contributed by atoms with van der Waals surface area (Å²) in [4.78, 5) is 0. The van der Waals surface area contributed by atoms with Crippen LogP contribution in [0.15, 0.2) is 47.6 Å². The third-order valence-corrected chi connectivity index (χ3v) is 3.01. The summed E-state index contributed by atoms with van der Waals surface area (Å²) in [6.45, 7) is 1.89. The molecule has 0 radical (unpaired) electrons. The normalized spacial score (nSPS) is 13.1. The highest BCUT2D eigenvalue weighted by Gasteiger charge is 2.15. The molecule has 0 fully saturated rings. The Morgan fingerprint density at radius 1 is 1.16 bits per heavy atom. The molecule has 0 aromatic heterocycles. The fourth-order valence-corrected chi connectivity index (χ4v) is 2.17. The fraction of sp³-hybridized carbons (Fsp3) is 0.250. The van der Waals surface area contributed by atoms with Gasteiger partial charge in [0.2, 0.25) is 0 Å². The van der Waals surface area contributed by atoms with Crippen molar-refractivity contribution in [1.29, 1.82) is 5.26 Å². The van der Waals surface area contributed by atoms with Gasteiger partial charge in [-0.1, -0.05) is 36.4 Å². The highest BCUT2D eigenvalue weighted by Crippen LogP contribution is 2.22. The van der Waals surface area contributed by atoms with E-state index >= 15 is 0 Å². The molecule has 0 saturated heterocycles. The Morgan fingerprint density at radius 2 is 1.84 bits per heavy atom. The van der Waals surface area contributed by atoms with Crippen LogP contribution in [0.1, 0.15) is 18.4 Å². The zero-order valence-electron chi connectivity index (χ0n) is 11.5. The minimum Gasteiger partial charge on any atom is -0.303 e. The van der Waals surface area contributed by atoms with Gasteiger partial charge in [-0.3, -0.25) is 0 Å². The van der Waals surface area contributed by atoms with Gasteiger partial charge in [0, 0.05) is 14.1 Å². The van der Waals surface area contributed by atoms with Crippen molar-refractivity contribution in [3.05, 3.63) is 48.0 Å². The van der Waals surface area contributed by atoms with E-state index in [9.17, 15) is 5.26 Å². The minimum absolute atomic E-state index is 0.299. The molecule has 0 aliphatic rings. The SMILES string of the molecule is C/C(=N\N(C)C)C(C#N)c1ccc2ccccc2c1. The molecule has 0 N–H and O–H groups in total. The van der Waals surface area contributed by atoms with E-state index in [0.717, 1.165) is 16.7 Å². The molecule has 0 heterocycles. The van der Waals surface area contributed by atoms with Crippen LogP contribution in [0.3, 0.4) is 0 Å². The Hall–Kier alpha value is -2.34. The highest BCUT2D eigenvalue weighted by molar-refractivity contribution is 5.93. The second kappa shape index (κ2) is 5.53. The summed E-state index contributed by atoms with van der Waals surface area (Å²) in [7, 11) is 3.72. The van der Waals surface area contributed by atoms with Crippen molar-refractivity contribution in [3.63, 3.8) is 0 Å². The first-order valence-electron chi connectivity index (χ1n) is 6.22. The number of fused-ring (bicyclic) bond motifs is 1. The van der Waals surface area contributed by atoms with E-state index < -0.39 is 0 Å². The summed E-state index contributed by atoms with van der Waals surface area (Å²) in [6, 6.07) is 16.6. The molecule has 2 aromatic rings. The maximum Gasteiger partial charge on any atom is 0.111 e. The van der Waals surface area contributed by atoms with Crippen molar-refractivity contribution >= 4 is 16.5 Å². The second-order valence-corrected chi connectivity index (χ2v) is 4.76. The quantitative estimate of drug-likeness (QED) is 0.619. The van der Waals surface area contributed by atoms with Crippen molar-refractivity contribution in [3.8, 4) is 6.07 Å². The van der Waals surface area contributed by atoms with Gasteiger partial charge in [0.15, 0.2) is 0 Å². The average Bonchev–Trinajstić information content (AvgIpc) is 2.38. The van der Waals surface area contributed by atoms with Crippen LogP contribution in [0, 0.1) is 11.3 Å². The number of hydrogen-bond donors (Lipinski definition) is 0. The third-order valence-electron chi connectivity index (χ3n) is 3.01. The smallest absolute Gasteiger partial charge is 0.111 e. The first-order chi connectivity index (χ1) is 9.11. The van der Waals surface area contributed by atoms with E-state index in [1.54, 1.807) is 5.01 Å². The number of nitriles is 1. The van der Waals surface area contributed by atoms with E-state index in [2.05, 4.69) is 35.4 Å². The van der Waals surface area contributed by atoms with Gasteiger partial charge in [-0.15, -0.1) is 0 Å². The zero-order chi connectivity index (χ0) is 13.8. The summed E-state index contributed by atoms with van der Waals surface area (Å²) in [5.41, 5.74) is 1.80. The Kier molecular flexibility index (Phi) is 3.82. The van der Waals surface area contributed by atoms with E-state index in [1.165, 1.54) is 5.39 Å². The Labute approximate surface area is 113 Å². The van der Waals surface area contributed by atoms with Crippen molar-refractivity contribution in [2.75, 3.05) is 14.1 Å². The molecule has 0 saturated carbocycles. The summed E-state index contributed by atoms with van der Waals surface area (Å²) in [6.07, 6.45) is 0. The van der Waals surface area contributed by atoms with Crippen LogP contribution in [0.4, 0.5) is 0 Å². The molecular formula is C16H17N3. The van der Waals surface area contributed by atoms with Gasteiger partial charge in [-0.2, -0.15) is 10.4 Å². The van der Waals surface area contributed by atoms with E-state index in [4.69, 9.17) is 0 Å². The molecule has 2 aromatic carbocycles. The summed E-state index contributed by atoms with van der Waals surface area (Å²) in [5.74, 6) is -0.299. The summed E-state index contributed by atoms with van der Waals surface area (Å²) in [5, 5.41) is 17.8. The van der Waals surface area contributed by atoms with E-state index in [-0.39, 0.29) is 5.92 Å². The second-order valence-electron chi connectivity index (χ2n) is 4.76. The van der Waals surface area contributed by atoms with Crippen LogP contribution in [0.5, 0.6) is 0 Å². The lowest BCUT2D eigenvalue weighted by molar-refractivity contribution is 0.436. The number of nitrogens with zero attached hydrogens (tertiary/aromatic N) is 3. The topological polar surface area (TPSA) is 39.4 Å². The Balaban J connectivity index is 2.44. The standard InChI is InChI=1S/C16H17N3/c1-12(18-19(2)3)16(11-17)15-9-8-13-6-4-5-7-14(13)10-15/h4-10,16H,1-3H3/b18-12+. The summed E-state index contributed by atoms with van der Waals surface area (Å²) >= 11 is 0. The van der Waals surface area contributed by atoms with E-state index in [1.807, 2.05) is 39.2 Å². The molecule has 3 heteroatoms. The lowest BCUT2D eigenvalue weighted by Crippen LogP contribution is -2.13. The fourth-order valence-electron chi connectivity index (χ4n) is 2.17. The lowest BCUT2D eigenvalue weighted by atomic mass is 9.94. The number of rotatable bonds is 3. The minimum atomic E-state index is -0.299. The number of hydrazone groups is 1. The largest absolute Gasteiger partial charge is 0.303 e. The number of benzene rings is 2. The lowest BCUT2D eigenvalue weighted by Gasteiger charge is -2.13. The molecule has 0 amide bonds. The zero-order valence-corrected chi connectivity index (χ0v) is 11.5. The molecule has 3 nitrogen and oxygen atoms in total. The highest BCUT2D eigenvalue weighted by atomic mass is 15.4. The van der Waals surface area contributed by atoms with Gasteiger partial charge in [0.1, 0.15) is 5.92 Å². The van der Waals surface area contributed by atoms with Crippen molar-refractivity contribution in [2.24, 2.45) is 5.10 Å². The van der Waals surface area contributed by atoms with Crippen LogP contribution in [0.25, 0.3) is 10.8 Å². The number of hydrogen-bond acceptors (Lipinski definition) is 3. The predicted octanol–water partition coefficient (Wildman–Crippen LogP) is 3.38. The molecule has 0 bridgehead atoms. The Morgan fingerprint density at radius 3 is 2.47 bits per heavy atom. The molecule has 0 spiro atoms. The molecule has 2 rings (SSSR count). The first-order valence-corrected chi connectivity index (χ1v) is 6.22. The first kappa shape index (κ1) is 13.1. The molecule has 0 aliphatic heterocycles. The van der Waals surface area contributed by atoms with Gasteiger partial charge < -0.3 is 5.01 Å². The molecular weight excluding hydrogens is 234 g/mol. The van der Waals surface area contributed by atoms with Gasteiger partial charge in [0.25, 0.3) is 0 Å². The van der Waals surface area contributed by atoms with E-state index in [0.29, 0.717) is 0 Å². The van der Waals surface area contributed by atoms with Crippen LogP contribution in [-0.2, 0) is 0 Å². The third kappa shape index (κ3) is 2.92. The average molecular weight is 251 g/mol. The van der Waals surface area contributed by atoms with Crippen LogP contribution in [-0.4, -0.2) is 24.8 Å². The van der Waals surface area contributed by atoms with Crippen molar-refractivity contribution in [2.45, 2.75) is 12.8 Å². The van der Waals surface area contributed by atoms with Crippen LogP contribution in [0.2, 0.25) is 0 Å². The maximum atomic E-state index is 9.39. The molecule has 19 heavy (non-hydrogen) atoms. The monoisotopic (exact) mass is 251 g/mol. The molecule has 1 unspecified atom stereocenters. The van der Waals surface area contributed by atoms with Gasteiger partial charge >= 0.3 is 0 Å².